The van der Waals surface area contributed by atoms with Gasteiger partial charge in [0.15, 0.2) is 5.78 Å². The molecule has 6 heteroatoms. The molecule has 32 heavy (non-hydrogen) atoms. The first kappa shape index (κ1) is 21.8. The van der Waals surface area contributed by atoms with Gasteiger partial charge in [-0.1, -0.05) is 78.9 Å². The van der Waals surface area contributed by atoms with Crippen molar-refractivity contribution in [2.45, 2.75) is 12.3 Å². The number of para-hydroxylation sites is 2. The Labute approximate surface area is 187 Å². The van der Waals surface area contributed by atoms with Crippen molar-refractivity contribution >= 4 is 7.60 Å². The summed E-state index contributed by atoms with van der Waals surface area (Å²) in [5.41, 5.74) is 1.60. The zero-order valence-electron chi connectivity index (χ0n) is 17.3. The van der Waals surface area contributed by atoms with Crippen molar-refractivity contribution in [2.24, 2.45) is 0 Å². The van der Waals surface area contributed by atoms with E-state index in [2.05, 4.69) is 5.32 Å². The van der Waals surface area contributed by atoms with Crippen LogP contribution in [-0.4, -0.2) is 0 Å². The maximum atomic E-state index is 14.4. The van der Waals surface area contributed by atoms with Crippen LogP contribution in [0, 0.1) is 5.82 Å². The molecule has 1 N–H and O–H groups in total. The van der Waals surface area contributed by atoms with E-state index in [1.54, 1.807) is 60.7 Å². The lowest BCUT2D eigenvalue weighted by molar-refractivity contribution is 0.360. The number of halogens is 1. The smallest absolute Gasteiger partial charge is 0.415 e. The molecule has 0 aliphatic carbocycles. The molecule has 0 unspecified atom stereocenters. The van der Waals surface area contributed by atoms with E-state index in [0.717, 1.165) is 5.56 Å². The van der Waals surface area contributed by atoms with E-state index < -0.39 is 13.4 Å². The second-order valence-electron chi connectivity index (χ2n) is 7.17. The van der Waals surface area contributed by atoms with Crippen LogP contribution in [0.15, 0.2) is 115 Å². The second kappa shape index (κ2) is 10.3. The van der Waals surface area contributed by atoms with E-state index in [9.17, 15) is 8.96 Å². The molecule has 4 aromatic rings. The molecular weight excluding hydrogens is 424 g/mol. The molecule has 0 bridgehead atoms. The number of hydrogen-bond acceptors (Lipinski definition) is 4. The van der Waals surface area contributed by atoms with Crippen LogP contribution in [0.4, 0.5) is 4.39 Å². The molecule has 0 radical (unpaired) electrons. The Hall–Kier alpha value is -3.40. The minimum Gasteiger partial charge on any atom is -0.415 e. The van der Waals surface area contributed by atoms with E-state index in [-0.39, 0.29) is 5.82 Å². The van der Waals surface area contributed by atoms with E-state index in [1.165, 1.54) is 12.1 Å². The quantitative estimate of drug-likeness (QED) is 0.282. The molecular formula is C26H23FNO3P. The first-order valence-corrected chi connectivity index (χ1v) is 11.9. The lowest BCUT2D eigenvalue weighted by Crippen LogP contribution is -2.25. The van der Waals surface area contributed by atoms with Crippen molar-refractivity contribution in [3.05, 3.63) is 132 Å². The minimum absolute atomic E-state index is 0.377. The molecule has 4 nitrogen and oxygen atoms in total. The molecule has 4 rings (SSSR count). The molecule has 162 valence electrons. The number of hydrogen-bond donors (Lipinski definition) is 1. The van der Waals surface area contributed by atoms with Gasteiger partial charge < -0.3 is 9.05 Å². The zero-order valence-corrected chi connectivity index (χ0v) is 18.2. The maximum absolute atomic E-state index is 14.4. The highest BCUT2D eigenvalue weighted by atomic mass is 31.2. The van der Waals surface area contributed by atoms with Crippen LogP contribution in [-0.2, 0) is 11.1 Å². The molecule has 0 heterocycles. The molecule has 0 saturated carbocycles. The summed E-state index contributed by atoms with van der Waals surface area (Å²) in [6.07, 6.45) is 0. The average molecular weight is 447 g/mol. The van der Waals surface area contributed by atoms with Crippen molar-refractivity contribution in [1.82, 2.24) is 5.32 Å². The average Bonchev–Trinajstić information content (AvgIpc) is 2.82. The molecule has 0 amide bonds. The predicted octanol–water partition coefficient (Wildman–Crippen LogP) is 6.97. The molecule has 0 fully saturated rings. The third-order valence-corrected chi connectivity index (χ3v) is 6.84. The third-order valence-electron chi connectivity index (χ3n) is 4.80. The zero-order chi connectivity index (χ0) is 22.2. The summed E-state index contributed by atoms with van der Waals surface area (Å²) in [7, 11) is -3.88. The van der Waals surface area contributed by atoms with Gasteiger partial charge in [0.1, 0.15) is 17.3 Å². The summed E-state index contributed by atoms with van der Waals surface area (Å²) >= 11 is 0. The molecule has 0 saturated heterocycles. The Morgan fingerprint density at radius 2 is 1.16 bits per heavy atom. The van der Waals surface area contributed by atoms with Crippen LogP contribution in [0.2, 0.25) is 0 Å². The van der Waals surface area contributed by atoms with E-state index in [1.807, 2.05) is 42.5 Å². The van der Waals surface area contributed by atoms with Crippen molar-refractivity contribution < 1.29 is 18.0 Å². The Bertz CT molecular complexity index is 1110. The summed E-state index contributed by atoms with van der Waals surface area (Å²) in [6.45, 7) is 0.420. The van der Waals surface area contributed by atoms with Crippen LogP contribution < -0.4 is 14.4 Å². The van der Waals surface area contributed by atoms with Gasteiger partial charge in [0.2, 0.25) is 0 Å². The topological polar surface area (TPSA) is 47.6 Å². The number of rotatable bonds is 9. The summed E-state index contributed by atoms with van der Waals surface area (Å²) in [5, 5.41) is 3.32. The Kier molecular flexibility index (Phi) is 7.00. The summed E-state index contributed by atoms with van der Waals surface area (Å²) < 4.78 is 40.0. The summed E-state index contributed by atoms with van der Waals surface area (Å²) in [4.78, 5) is 0. The standard InChI is InChI=1S/C26H23FNO3P/c27-23-18-16-22(17-19-23)26(28-20-21-10-4-1-5-11-21)32(29,30-24-12-6-2-7-13-24)31-25-14-8-3-9-15-25/h1-19,26,28H,20H2/t26-/m0/s1. The van der Waals surface area contributed by atoms with E-state index in [0.29, 0.717) is 23.6 Å². The van der Waals surface area contributed by atoms with E-state index in [4.69, 9.17) is 9.05 Å². The fraction of sp³-hybridized carbons (Fsp3) is 0.0769. The minimum atomic E-state index is -3.88. The molecule has 0 aromatic heterocycles. The van der Waals surface area contributed by atoms with Crippen molar-refractivity contribution in [2.75, 3.05) is 0 Å². The molecule has 0 spiro atoms. The highest BCUT2D eigenvalue weighted by Gasteiger charge is 2.40. The summed E-state index contributed by atoms with van der Waals surface area (Å²) in [5.74, 6) is -0.386. The van der Waals surface area contributed by atoms with Crippen LogP contribution in [0.3, 0.4) is 0 Å². The van der Waals surface area contributed by atoms with Crippen molar-refractivity contribution in [3.63, 3.8) is 0 Å². The van der Waals surface area contributed by atoms with Crippen LogP contribution in [0.5, 0.6) is 11.5 Å². The van der Waals surface area contributed by atoms with Gasteiger partial charge in [-0.2, -0.15) is 0 Å². The van der Waals surface area contributed by atoms with Gasteiger partial charge in [-0.05, 0) is 47.5 Å². The van der Waals surface area contributed by atoms with E-state index >= 15 is 0 Å². The first-order chi connectivity index (χ1) is 15.6. The number of benzene rings is 4. The van der Waals surface area contributed by atoms with Gasteiger partial charge in [0.05, 0.1) is 0 Å². The van der Waals surface area contributed by atoms with Crippen LogP contribution in [0.1, 0.15) is 16.9 Å². The van der Waals surface area contributed by atoms with Gasteiger partial charge in [-0.15, -0.1) is 0 Å². The van der Waals surface area contributed by atoms with Gasteiger partial charge >= 0.3 is 7.60 Å². The molecule has 0 aliphatic heterocycles. The monoisotopic (exact) mass is 447 g/mol. The highest BCUT2D eigenvalue weighted by Crippen LogP contribution is 2.59. The fourth-order valence-corrected chi connectivity index (χ4v) is 5.18. The lowest BCUT2D eigenvalue weighted by Gasteiger charge is -2.28. The SMILES string of the molecule is O=P(Oc1ccccc1)(Oc1ccccc1)[C@H](NCc1ccccc1)c1ccc(F)cc1. The predicted molar refractivity (Wildman–Crippen MR) is 124 cm³/mol. The molecule has 1 atom stereocenters. The number of nitrogens with one attached hydrogen (secondary N) is 1. The molecule has 0 aliphatic rings. The largest absolute Gasteiger partial charge is 0.452 e. The van der Waals surface area contributed by atoms with Gasteiger partial charge in [0, 0.05) is 6.54 Å². The Morgan fingerprint density at radius 3 is 1.66 bits per heavy atom. The normalized spacial score (nSPS) is 12.2. The fourth-order valence-electron chi connectivity index (χ4n) is 3.25. The third kappa shape index (κ3) is 5.64. The summed E-state index contributed by atoms with van der Waals surface area (Å²) in [6, 6.07) is 33.4. The van der Waals surface area contributed by atoms with Crippen LogP contribution in [0.25, 0.3) is 0 Å². The van der Waals surface area contributed by atoms with Gasteiger partial charge in [-0.3, -0.25) is 5.32 Å². The first-order valence-electron chi connectivity index (χ1n) is 10.2. The van der Waals surface area contributed by atoms with Gasteiger partial charge in [0.25, 0.3) is 0 Å². The Balaban J connectivity index is 1.73. The molecule has 4 aromatic carbocycles. The highest BCUT2D eigenvalue weighted by molar-refractivity contribution is 7.55. The maximum Gasteiger partial charge on any atom is 0.452 e. The van der Waals surface area contributed by atoms with Gasteiger partial charge in [-0.25, -0.2) is 8.96 Å². The van der Waals surface area contributed by atoms with Crippen molar-refractivity contribution in [1.29, 1.82) is 0 Å². The lowest BCUT2D eigenvalue weighted by atomic mass is 10.2. The Morgan fingerprint density at radius 1 is 0.688 bits per heavy atom. The van der Waals surface area contributed by atoms with Crippen LogP contribution >= 0.6 is 7.60 Å². The second-order valence-corrected chi connectivity index (χ2v) is 9.13. The van der Waals surface area contributed by atoms with Crippen molar-refractivity contribution in [3.8, 4) is 11.5 Å².